The van der Waals surface area contributed by atoms with Gasteiger partial charge in [0.1, 0.15) is 12.1 Å². The number of benzene rings is 2. The van der Waals surface area contributed by atoms with Crippen molar-refractivity contribution in [3.8, 4) is 11.8 Å². The van der Waals surface area contributed by atoms with Crippen LogP contribution in [0.2, 0.25) is 0 Å². The van der Waals surface area contributed by atoms with Crippen molar-refractivity contribution < 1.29 is 8.78 Å². The molecule has 144 valence electrons. The number of fused-ring (bicyclic) bond motifs is 3. The third-order valence-electron chi connectivity index (χ3n) is 5.35. The van der Waals surface area contributed by atoms with E-state index in [0.717, 1.165) is 30.2 Å². The molecular weight excluding hydrogens is 372 g/mol. The Kier molecular flexibility index (Phi) is 3.78. The Morgan fingerprint density at radius 1 is 1.17 bits per heavy atom. The second-order valence-corrected chi connectivity index (χ2v) is 7.61. The Hall–Kier alpha value is -3.53. The van der Waals surface area contributed by atoms with Crippen molar-refractivity contribution in [1.29, 1.82) is 0 Å². The van der Waals surface area contributed by atoms with Gasteiger partial charge in [-0.3, -0.25) is 4.40 Å². The van der Waals surface area contributed by atoms with Gasteiger partial charge in [-0.25, -0.2) is 8.78 Å². The fourth-order valence-electron chi connectivity index (χ4n) is 3.27. The van der Waals surface area contributed by atoms with E-state index in [1.807, 2.05) is 24.3 Å². The maximum atomic E-state index is 14.8. The molecule has 0 spiro atoms. The highest BCUT2D eigenvalue weighted by Gasteiger charge is 2.35. The number of halogens is 2. The Bertz CT molecular complexity index is 1330. The van der Waals surface area contributed by atoms with Gasteiger partial charge in [0.15, 0.2) is 11.6 Å². The second kappa shape index (κ2) is 6.24. The van der Waals surface area contributed by atoms with Gasteiger partial charge in [0.2, 0.25) is 0 Å². The number of nitrogens with zero attached hydrogens (tertiary/aromatic N) is 5. The summed E-state index contributed by atoms with van der Waals surface area (Å²) in [6.45, 7) is 2.15. The van der Waals surface area contributed by atoms with Gasteiger partial charge < -0.3 is 4.90 Å². The molecule has 7 heteroatoms. The molecule has 2 aromatic heterocycles. The van der Waals surface area contributed by atoms with Gasteiger partial charge in [-0.1, -0.05) is 17.9 Å². The van der Waals surface area contributed by atoms with Crippen LogP contribution < -0.4 is 4.90 Å². The summed E-state index contributed by atoms with van der Waals surface area (Å²) in [4.78, 5) is 6.15. The topological polar surface area (TPSA) is 46.3 Å². The minimum Gasteiger partial charge on any atom is -0.329 e. The van der Waals surface area contributed by atoms with Crippen molar-refractivity contribution in [2.24, 2.45) is 5.41 Å². The number of hydrogen-bond acceptors (Lipinski definition) is 4. The fourth-order valence-corrected chi connectivity index (χ4v) is 3.27. The number of aromatic nitrogens is 4. The van der Waals surface area contributed by atoms with E-state index in [1.165, 1.54) is 16.8 Å². The molecule has 0 radical (unpaired) electrons. The molecule has 0 aliphatic heterocycles. The molecule has 1 aliphatic carbocycles. The molecule has 4 aromatic rings. The predicted molar refractivity (Wildman–Crippen MR) is 107 cm³/mol. The van der Waals surface area contributed by atoms with Crippen molar-refractivity contribution in [2.45, 2.75) is 19.8 Å². The Labute approximate surface area is 166 Å². The molecule has 0 amide bonds. The maximum absolute atomic E-state index is 14.8. The molecule has 0 unspecified atom stereocenters. The fraction of sp³-hybridized carbons (Fsp3) is 0.227. The molecule has 0 bridgehead atoms. The van der Waals surface area contributed by atoms with E-state index < -0.39 is 11.6 Å². The lowest BCUT2D eigenvalue weighted by Crippen LogP contribution is -2.14. The van der Waals surface area contributed by atoms with E-state index in [9.17, 15) is 8.78 Å². The van der Waals surface area contributed by atoms with Gasteiger partial charge in [-0.15, -0.1) is 10.2 Å². The summed E-state index contributed by atoms with van der Waals surface area (Å²) in [6, 6.07) is 10.2. The number of rotatable bonds is 2. The molecule has 0 saturated heterocycles. The van der Waals surface area contributed by atoms with Crippen molar-refractivity contribution in [3.05, 3.63) is 59.9 Å². The first-order valence-corrected chi connectivity index (χ1v) is 9.30. The molecule has 0 N–H and O–H groups in total. The molecule has 1 aliphatic rings. The Morgan fingerprint density at radius 3 is 2.79 bits per heavy atom. The summed E-state index contributed by atoms with van der Waals surface area (Å²) in [5.74, 6) is 5.21. The lowest BCUT2D eigenvalue weighted by Gasteiger charge is -2.21. The van der Waals surface area contributed by atoms with E-state index in [-0.39, 0.29) is 16.6 Å². The largest absolute Gasteiger partial charge is 0.329 e. The van der Waals surface area contributed by atoms with E-state index >= 15 is 0 Å². The van der Waals surface area contributed by atoms with Gasteiger partial charge in [0.05, 0.1) is 10.9 Å². The molecular formula is C22H17F2N5. The minimum atomic E-state index is -0.954. The van der Waals surface area contributed by atoms with Crippen LogP contribution in [0.4, 0.5) is 20.3 Å². The van der Waals surface area contributed by atoms with Crippen molar-refractivity contribution in [3.63, 3.8) is 0 Å². The zero-order valence-corrected chi connectivity index (χ0v) is 15.9. The average molecular weight is 389 g/mol. The SMILES string of the molecule is CN(c1cccc(C#CC2(C)CC2)c1)c1nc2nncn2c2ccc(F)c(F)c12. The smallest absolute Gasteiger partial charge is 0.257 e. The minimum absolute atomic E-state index is 0.0711. The third-order valence-corrected chi connectivity index (χ3v) is 5.35. The molecule has 29 heavy (non-hydrogen) atoms. The molecule has 5 nitrogen and oxygen atoms in total. The zero-order valence-electron chi connectivity index (χ0n) is 15.9. The maximum Gasteiger partial charge on any atom is 0.257 e. The van der Waals surface area contributed by atoms with Crippen LogP contribution in [0.15, 0.2) is 42.7 Å². The van der Waals surface area contributed by atoms with Crippen molar-refractivity contribution in [1.82, 2.24) is 19.6 Å². The second-order valence-electron chi connectivity index (χ2n) is 7.61. The number of anilines is 2. The molecule has 1 saturated carbocycles. The lowest BCUT2D eigenvalue weighted by molar-refractivity contribution is 0.516. The summed E-state index contributed by atoms with van der Waals surface area (Å²) >= 11 is 0. The summed E-state index contributed by atoms with van der Waals surface area (Å²) in [5, 5.41) is 7.89. The molecule has 1 fully saturated rings. The van der Waals surface area contributed by atoms with Gasteiger partial charge in [0.25, 0.3) is 5.78 Å². The van der Waals surface area contributed by atoms with Crippen LogP contribution in [0, 0.1) is 28.9 Å². The lowest BCUT2D eigenvalue weighted by atomic mass is 10.1. The Balaban J connectivity index is 1.66. The van der Waals surface area contributed by atoms with Crippen LogP contribution in [-0.2, 0) is 0 Å². The van der Waals surface area contributed by atoms with Gasteiger partial charge in [-0.05, 0) is 50.1 Å². The first-order chi connectivity index (χ1) is 14.0. The van der Waals surface area contributed by atoms with Crippen LogP contribution in [0.5, 0.6) is 0 Å². The van der Waals surface area contributed by atoms with Crippen LogP contribution in [0.25, 0.3) is 16.7 Å². The van der Waals surface area contributed by atoms with E-state index in [2.05, 4.69) is 33.9 Å². The molecule has 5 rings (SSSR count). The van der Waals surface area contributed by atoms with Crippen molar-refractivity contribution >= 4 is 28.2 Å². The van der Waals surface area contributed by atoms with Crippen LogP contribution in [0.1, 0.15) is 25.3 Å². The monoisotopic (exact) mass is 389 g/mol. The normalized spacial score (nSPS) is 14.6. The van der Waals surface area contributed by atoms with Gasteiger partial charge in [-0.2, -0.15) is 4.98 Å². The van der Waals surface area contributed by atoms with Crippen molar-refractivity contribution in [2.75, 3.05) is 11.9 Å². The highest BCUT2D eigenvalue weighted by molar-refractivity contribution is 5.94. The average Bonchev–Trinajstić information content (AvgIpc) is 3.27. The highest BCUT2D eigenvalue weighted by Crippen LogP contribution is 2.44. The number of hydrogen-bond donors (Lipinski definition) is 0. The highest BCUT2D eigenvalue weighted by atomic mass is 19.2. The third kappa shape index (κ3) is 2.97. The first-order valence-electron chi connectivity index (χ1n) is 9.30. The molecule has 0 atom stereocenters. The zero-order chi connectivity index (χ0) is 20.2. The Morgan fingerprint density at radius 2 is 2.00 bits per heavy atom. The standard InChI is InChI=1S/C22H17F2N5/c1-22(10-11-22)9-8-14-4-3-5-15(12-14)28(2)20-18-17(7-6-16(23)19(18)24)29-13-25-27-21(29)26-20/h3-7,12-13H,10-11H2,1-2H3. The summed E-state index contributed by atoms with van der Waals surface area (Å²) < 4.78 is 30.3. The van der Waals surface area contributed by atoms with E-state index in [4.69, 9.17) is 0 Å². The van der Waals surface area contributed by atoms with Gasteiger partial charge >= 0.3 is 0 Å². The van der Waals surface area contributed by atoms with Crippen LogP contribution in [0.3, 0.4) is 0 Å². The van der Waals surface area contributed by atoms with Crippen LogP contribution in [-0.4, -0.2) is 26.6 Å². The molecule has 2 heterocycles. The molecule has 2 aromatic carbocycles. The summed E-state index contributed by atoms with van der Waals surface area (Å²) in [7, 11) is 1.76. The summed E-state index contributed by atoms with van der Waals surface area (Å²) in [6.07, 6.45) is 3.68. The van der Waals surface area contributed by atoms with E-state index in [1.54, 1.807) is 11.9 Å². The van der Waals surface area contributed by atoms with E-state index in [0.29, 0.717) is 11.3 Å². The van der Waals surface area contributed by atoms with Gasteiger partial charge in [0, 0.05) is 23.7 Å². The predicted octanol–water partition coefficient (Wildman–Crippen LogP) is 4.48. The quantitative estimate of drug-likeness (QED) is 0.475. The van der Waals surface area contributed by atoms with Crippen LogP contribution >= 0.6 is 0 Å². The first kappa shape index (κ1) is 17.6. The summed E-state index contributed by atoms with van der Waals surface area (Å²) in [5.41, 5.74) is 2.19.